The summed E-state index contributed by atoms with van der Waals surface area (Å²) in [5.41, 5.74) is 7.42. The molecule has 0 amide bonds. The van der Waals surface area contributed by atoms with Crippen LogP contribution in [0.25, 0.3) is 0 Å². The standard InChI is InChI=1S/C14H19ClN2/c15-13-7-12(16)3-4-14(13)17-8-11-6-9-1-2-10(11)5-9/h3-4,7,9-11,17H,1-2,5-6,8,16H2. The molecule has 2 nitrogen and oxygen atoms in total. The predicted molar refractivity (Wildman–Crippen MR) is 73.3 cm³/mol. The van der Waals surface area contributed by atoms with Crippen LogP contribution in [-0.4, -0.2) is 6.54 Å². The van der Waals surface area contributed by atoms with Crippen molar-refractivity contribution in [3.8, 4) is 0 Å². The van der Waals surface area contributed by atoms with Gasteiger partial charge < -0.3 is 11.1 Å². The molecule has 0 heterocycles. The molecule has 3 rings (SSSR count). The van der Waals surface area contributed by atoms with Crippen molar-refractivity contribution in [1.29, 1.82) is 0 Å². The fourth-order valence-corrected chi connectivity index (χ4v) is 3.80. The number of anilines is 2. The molecule has 0 saturated heterocycles. The Hall–Kier alpha value is -0.890. The van der Waals surface area contributed by atoms with Gasteiger partial charge in [0.1, 0.15) is 0 Å². The van der Waals surface area contributed by atoms with E-state index in [2.05, 4.69) is 5.32 Å². The molecule has 1 aromatic carbocycles. The molecule has 2 fully saturated rings. The van der Waals surface area contributed by atoms with Crippen molar-refractivity contribution < 1.29 is 0 Å². The van der Waals surface area contributed by atoms with E-state index in [1.54, 1.807) is 0 Å². The second-order valence-corrected chi connectivity index (χ2v) is 5.96. The van der Waals surface area contributed by atoms with E-state index in [1.807, 2.05) is 18.2 Å². The van der Waals surface area contributed by atoms with Gasteiger partial charge in [0.2, 0.25) is 0 Å². The van der Waals surface area contributed by atoms with E-state index in [0.29, 0.717) is 0 Å². The SMILES string of the molecule is Nc1ccc(NCC2CC3CCC2C3)c(Cl)c1. The van der Waals surface area contributed by atoms with Crippen molar-refractivity contribution in [2.45, 2.75) is 25.7 Å². The Kier molecular flexibility index (Phi) is 2.91. The van der Waals surface area contributed by atoms with E-state index >= 15 is 0 Å². The number of hydrogen-bond donors (Lipinski definition) is 2. The third kappa shape index (κ3) is 2.23. The highest BCUT2D eigenvalue weighted by molar-refractivity contribution is 6.33. The first-order chi connectivity index (χ1) is 8.22. The quantitative estimate of drug-likeness (QED) is 0.802. The van der Waals surface area contributed by atoms with E-state index < -0.39 is 0 Å². The van der Waals surface area contributed by atoms with Gasteiger partial charge >= 0.3 is 0 Å². The van der Waals surface area contributed by atoms with Gasteiger partial charge in [0.15, 0.2) is 0 Å². The number of benzene rings is 1. The van der Waals surface area contributed by atoms with Crippen molar-refractivity contribution in [3.05, 3.63) is 23.2 Å². The highest BCUT2D eigenvalue weighted by atomic mass is 35.5. The van der Waals surface area contributed by atoms with Crippen LogP contribution in [0, 0.1) is 17.8 Å². The minimum absolute atomic E-state index is 0.723. The predicted octanol–water partition coefficient (Wildman–Crippen LogP) is 3.77. The third-order valence-corrected chi connectivity index (χ3v) is 4.75. The van der Waals surface area contributed by atoms with Crippen LogP contribution in [-0.2, 0) is 0 Å². The van der Waals surface area contributed by atoms with E-state index in [-0.39, 0.29) is 0 Å². The summed E-state index contributed by atoms with van der Waals surface area (Å²) in [5, 5.41) is 4.21. The summed E-state index contributed by atoms with van der Waals surface area (Å²) < 4.78 is 0. The molecule has 2 saturated carbocycles. The second kappa shape index (κ2) is 4.41. The van der Waals surface area contributed by atoms with Crippen LogP contribution in [0.5, 0.6) is 0 Å². The van der Waals surface area contributed by atoms with Crippen LogP contribution in [0.3, 0.4) is 0 Å². The van der Waals surface area contributed by atoms with Crippen molar-refractivity contribution in [3.63, 3.8) is 0 Å². The normalized spacial score (nSPS) is 30.8. The van der Waals surface area contributed by atoms with Gasteiger partial charge in [-0.1, -0.05) is 18.0 Å². The molecule has 3 atom stereocenters. The number of halogens is 1. The molecular formula is C14H19ClN2. The lowest BCUT2D eigenvalue weighted by Crippen LogP contribution is -2.20. The summed E-state index contributed by atoms with van der Waals surface area (Å²) in [6.45, 7) is 1.06. The molecule has 92 valence electrons. The Morgan fingerprint density at radius 3 is 2.82 bits per heavy atom. The molecule has 0 spiro atoms. The average Bonchev–Trinajstić information content (AvgIpc) is 2.89. The molecule has 2 bridgehead atoms. The zero-order valence-electron chi connectivity index (χ0n) is 9.95. The fourth-order valence-electron chi connectivity index (χ4n) is 3.54. The van der Waals surface area contributed by atoms with E-state index in [4.69, 9.17) is 17.3 Å². The van der Waals surface area contributed by atoms with Gasteiger partial charge in [-0.05, 0) is 55.2 Å². The first kappa shape index (κ1) is 11.2. The first-order valence-corrected chi connectivity index (χ1v) is 6.89. The van der Waals surface area contributed by atoms with Crippen LogP contribution in [0.2, 0.25) is 5.02 Å². The van der Waals surface area contributed by atoms with Crippen LogP contribution in [0.15, 0.2) is 18.2 Å². The Labute approximate surface area is 108 Å². The number of nitrogen functional groups attached to an aromatic ring is 1. The van der Waals surface area contributed by atoms with Crippen molar-refractivity contribution in [1.82, 2.24) is 0 Å². The number of fused-ring (bicyclic) bond motifs is 2. The monoisotopic (exact) mass is 250 g/mol. The summed E-state index contributed by atoms with van der Waals surface area (Å²) in [4.78, 5) is 0. The highest BCUT2D eigenvalue weighted by Gasteiger charge is 2.39. The van der Waals surface area contributed by atoms with Gasteiger partial charge in [-0.3, -0.25) is 0 Å². The summed E-state index contributed by atoms with van der Waals surface area (Å²) in [6, 6.07) is 5.69. The summed E-state index contributed by atoms with van der Waals surface area (Å²) in [7, 11) is 0. The average molecular weight is 251 g/mol. The Morgan fingerprint density at radius 1 is 1.29 bits per heavy atom. The largest absolute Gasteiger partial charge is 0.399 e. The molecule has 0 radical (unpaired) electrons. The van der Waals surface area contributed by atoms with E-state index in [0.717, 1.165) is 40.7 Å². The molecule has 3 N–H and O–H groups in total. The van der Waals surface area contributed by atoms with Gasteiger partial charge in [0.05, 0.1) is 10.7 Å². The highest BCUT2D eigenvalue weighted by Crippen LogP contribution is 2.48. The maximum absolute atomic E-state index is 6.15. The molecule has 2 aliphatic rings. The van der Waals surface area contributed by atoms with Crippen molar-refractivity contribution in [2.75, 3.05) is 17.6 Å². The van der Waals surface area contributed by atoms with Gasteiger partial charge in [-0.15, -0.1) is 0 Å². The Bertz CT molecular complexity index is 419. The van der Waals surface area contributed by atoms with Crippen molar-refractivity contribution in [2.24, 2.45) is 17.8 Å². The molecule has 0 aliphatic heterocycles. The number of rotatable bonds is 3. The molecule has 17 heavy (non-hydrogen) atoms. The van der Waals surface area contributed by atoms with E-state index in [1.165, 1.54) is 25.7 Å². The summed E-state index contributed by atoms with van der Waals surface area (Å²) in [6.07, 6.45) is 5.77. The van der Waals surface area contributed by atoms with Crippen LogP contribution in [0.1, 0.15) is 25.7 Å². The lowest BCUT2D eigenvalue weighted by molar-refractivity contribution is 0.348. The smallest absolute Gasteiger partial charge is 0.0657 e. The molecular weight excluding hydrogens is 232 g/mol. The van der Waals surface area contributed by atoms with Crippen LogP contribution >= 0.6 is 11.6 Å². The zero-order chi connectivity index (χ0) is 11.8. The topological polar surface area (TPSA) is 38.0 Å². The molecule has 2 aliphatic carbocycles. The Morgan fingerprint density at radius 2 is 2.18 bits per heavy atom. The first-order valence-electron chi connectivity index (χ1n) is 6.51. The molecule has 1 aromatic rings. The van der Waals surface area contributed by atoms with Gasteiger partial charge in [0, 0.05) is 12.2 Å². The minimum Gasteiger partial charge on any atom is -0.399 e. The van der Waals surface area contributed by atoms with Crippen molar-refractivity contribution >= 4 is 23.0 Å². The summed E-state index contributed by atoms with van der Waals surface area (Å²) >= 11 is 6.15. The lowest BCUT2D eigenvalue weighted by atomic mass is 9.89. The molecule has 3 unspecified atom stereocenters. The molecule has 3 heteroatoms. The zero-order valence-corrected chi connectivity index (χ0v) is 10.7. The minimum atomic E-state index is 0.723. The number of nitrogens with one attached hydrogen (secondary N) is 1. The number of nitrogens with two attached hydrogens (primary N) is 1. The summed E-state index contributed by atoms with van der Waals surface area (Å²) in [5.74, 6) is 2.82. The molecule has 0 aromatic heterocycles. The fraction of sp³-hybridized carbons (Fsp3) is 0.571. The second-order valence-electron chi connectivity index (χ2n) is 5.56. The van der Waals surface area contributed by atoms with Gasteiger partial charge in [-0.25, -0.2) is 0 Å². The number of hydrogen-bond acceptors (Lipinski definition) is 2. The third-order valence-electron chi connectivity index (χ3n) is 4.43. The van der Waals surface area contributed by atoms with Gasteiger partial charge in [0.25, 0.3) is 0 Å². The Balaban J connectivity index is 1.60. The van der Waals surface area contributed by atoms with Crippen LogP contribution in [0.4, 0.5) is 11.4 Å². The lowest BCUT2D eigenvalue weighted by Gasteiger charge is -2.22. The van der Waals surface area contributed by atoms with E-state index in [9.17, 15) is 0 Å². The van der Waals surface area contributed by atoms with Crippen LogP contribution < -0.4 is 11.1 Å². The maximum atomic E-state index is 6.15. The maximum Gasteiger partial charge on any atom is 0.0657 e. The van der Waals surface area contributed by atoms with Gasteiger partial charge in [-0.2, -0.15) is 0 Å².